The van der Waals surface area contributed by atoms with Gasteiger partial charge in [0.1, 0.15) is 0 Å². The minimum atomic E-state index is -4.54. The fourth-order valence-corrected chi connectivity index (χ4v) is 2.51. The second kappa shape index (κ2) is 6.11. The SMILES string of the molecule is CN1CCN(C)C(CC(=O)c2cnccc2C(F)(F)F)C1. The fourth-order valence-electron chi connectivity index (χ4n) is 2.51. The van der Waals surface area contributed by atoms with Gasteiger partial charge in [-0.05, 0) is 20.2 Å². The van der Waals surface area contributed by atoms with Crippen molar-refractivity contribution in [2.24, 2.45) is 0 Å². The molecule has 2 heterocycles. The molecule has 2 rings (SSSR count). The summed E-state index contributed by atoms with van der Waals surface area (Å²) in [7, 11) is 3.83. The van der Waals surface area contributed by atoms with Crippen LogP contribution in [0.3, 0.4) is 0 Å². The molecule has 21 heavy (non-hydrogen) atoms. The third kappa shape index (κ3) is 3.79. The molecule has 1 aromatic rings. The largest absolute Gasteiger partial charge is 0.417 e. The smallest absolute Gasteiger partial charge is 0.304 e. The molecule has 1 saturated heterocycles. The first-order chi connectivity index (χ1) is 9.79. The summed E-state index contributed by atoms with van der Waals surface area (Å²) in [6, 6.07) is 0.779. The second-order valence-corrected chi connectivity index (χ2v) is 5.44. The molecule has 4 nitrogen and oxygen atoms in total. The molecule has 1 atom stereocenters. The maximum Gasteiger partial charge on any atom is 0.417 e. The Balaban J connectivity index is 2.17. The van der Waals surface area contributed by atoms with E-state index in [0.717, 1.165) is 31.5 Å². The maximum atomic E-state index is 12.9. The first kappa shape index (κ1) is 15.9. The molecule has 0 aromatic carbocycles. The monoisotopic (exact) mass is 301 g/mol. The molecule has 0 bridgehead atoms. The standard InChI is InChI=1S/C14H18F3N3O/c1-19-5-6-20(2)10(9-19)7-13(21)11-8-18-4-3-12(11)14(15,16)17/h3-4,8,10H,5-7,9H2,1-2H3. The van der Waals surface area contributed by atoms with E-state index in [-0.39, 0.29) is 18.0 Å². The van der Waals surface area contributed by atoms with Crippen LogP contribution in [0.15, 0.2) is 18.5 Å². The molecule has 0 saturated carbocycles. The van der Waals surface area contributed by atoms with Gasteiger partial charge in [-0.15, -0.1) is 0 Å². The summed E-state index contributed by atoms with van der Waals surface area (Å²) in [5.41, 5.74) is -1.25. The summed E-state index contributed by atoms with van der Waals surface area (Å²) >= 11 is 0. The van der Waals surface area contributed by atoms with Crippen molar-refractivity contribution in [3.05, 3.63) is 29.6 Å². The Morgan fingerprint density at radius 3 is 2.76 bits per heavy atom. The zero-order valence-electron chi connectivity index (χ0n) is 12.0. The van der Waals surface area contributed by atoms with Crippen molar-refractivity contribution in [2.45, 2.75) is 18.6 Å². The normalized spacial score (nSPS) is 21.5. The highest BCUT2D eigenvalue weighted by molar-refractivity contribution is 5.97. The number of halogens is 3. The van der Waals surface area contributed by atoms with Gasteiger partial charge in [-0.2, -0.15) is 13.2 Å². The zero-order chi connectivity index (χ0) is 15.6. The number of piperazine rings is 1. The van der Waals surface area contributed by atoms with E-state index in [9.17, 15) is 18.0 Å². The van der Waals surface area contributed by atoms with Gasteiger partial charge < -0.3 is 9.80 Å². The van der Waals surface area contributed by atoms with Crippen LogP contribution in [0.2, 0.25) is 0 Å². The lowest BCUT2D eigenvalue weighted by atomic mass is 9.98. The number of Topliss-reactive ketones (excluding diaryl/α,β-unsaturated/α-hetero) is 1. The van der Waals surface area contributed by atoms with Crippen LogP contribution < -0.4 is 0 Å². The van der Waals surface area contributed by atoms with Crippen LogP contribution >= 0.6 is 0 Å². The zero-order valence-corrected chi connectivity index (χ0v) is 12.0. The highest BCUT2D eigenvalue weighted by atomic mass is 19.4. The molecule has 1 aliphatic heterocycles. The van der Waals surface area contributed by atoms with E-state index < -0.39 is 17.5 Å². The summed E-state index contributed by atoms with van der Waals surface area (Å²) in [5, 5.41) is 0. The van der Waals surface area contributed by atoms with Crippen LogP contribution in [0.25, 0.3) is 0 Å². The molecule has 0 amide bonds. The van der Waals surface area contributed by atoms with Crippen LogP contribution in [-0.4, -0.2) is 60.3 Å². The van der Waals surface area contributed by atoms with Crippen LogP contribution in [0.1, 0.15) is 22.3 Å². The summed E-state index contributed by atoms with van der Waals surface area (Å²) in [4.78, 5) is 20.0. The highest BCUT2D eigenvalue weighted by Crippen LogP contribution is 2.32. The molecule has 7 heteroatoms. The van der Waals surface area contributed by atoms with Gasteiger partial charge in [0.2, 0.25) is 0 Å². The van der Waals surface area contributed by atoms with Crippen LogP contribution in [0.5, 0.6) is 0 Å². The minimum Gasteiger partial charge on any atom is -0.304 e. The van der Waals surface area contributed by atoms with E-state index in [1.807, 2.05) is 19.0 Å². The Morgan fingerprint density at radius 2 is 2.10 bits per heavy atom. The van der Waals surface area contributed by atoms with Gasteiger partial charge in [-0.1, -0.05) is 0 Å². The van der Waals surface area contributed by atoms with Gasteiger partial charge in [-0.3, -0.25) is 9.78 Å². The van der Waals surface area contributed by atoms with Gasteiger partial charge >= 0.3 is 6.18 Å². The van der Waals surface area contributed by atoms with E-state index in [4.69, 9.17) is 0 Å². The quantitative estimate of drug-likeness (QED) is 0.799. The number of aromatic nitrogens is 1. The minimum absolute atomic E-state index is 0.0651. The molecule has 0 radical (unpaired) electrons. The lowest BCUT2D eigenvalue weighted by molar-refractivity contribution is -0.138. The van der Waals surface area contributed by atoms with Crippen molar-refractivity contribution in [3.8, 4) is 0 Å². The molecule has 1 aliphatic rings. The first-order valence-corrected chi connectivity index (χ1v) is 6.72. The molecular formula is C14H18F3N3O. The number of carbonyl (C=O) groups excluding carboxylic acids is 1. The molecule has 1 aromatic heterocycles. The first-order valence-electron chi connectivity index (χ1n) is 6.72. The third-order valence-corrected chi connectivity index (χ3v) is 3.83. The van der Waals surface area contributed by atoms with Crippen LogP contribution in [0, 0.1) is 0 Å². The average molecular weight is 301 g/mol. The number of carbonyl (C=O) groups is 1. The molecule has 0 N–H and O–H groups in total. The van der Waals surface area contributed by atoms with Crippen molar-refractivity contribution >= 4 is 5.78 Å². The number of nitrogens with zero attached hydrogens (tertiary/aromatic N) is 3. The van der Waals surface area contributed by atoms with E-state index in [0.29, 0.717) is 6.54 Å². The Morgan fingerprint density at radius 1 is 1.38 bits per heavy atom. The Hall–Kier alpha value is -1.47. The Labute approximate surface area is 121 Å². The molecular weight excluding hydrogens is 283 g/mol. The van der Waals surface area contributed by atoms with Crippen molar-refractivity contribution < 1.29 is 18.0 Å². The van der Waals surface area contributed by atoms with Crippen molar-refractivity contribution in [1.29, 1.82) is 0 Å². The van der Waals surface area contributed by atoms with Gasteiger partial charge in [-0.25, -0.2) is 0 Å². The molecule has 0 spiro atoms. The number of ketones is 1. The maximum absolute atomic E-state index is 12.9. The van der Waals surface area contributed by atoms with Crippen molar-refractivity contribution in [1.82, 2.24) is 14.8 Å². The second-order valence-electron chi connectivity index (χ2n) is 5.44. The van der Waals surface area contributed by atoms with Gasteiger partial charge in [0.25, 0.3) is 0 Å². The molecule has 1 unspecified atom stereocenters. The van der Waals surface area contributed by atoms with E-state index in [1.54, 1.807) is 0 Å². The van der Waals surface area contributed by atoms with E-state index >= 15 is 0 Å². The average Bonchev–Trinajstić information content (AvgIpc) is 2.42. The summed E-state index contributed by atoms with van der Waals surface area (Å²) in [6.07, 6.45) is -2.41. The lowest BCUT2D eigenvalue weighted by Gasteiger charge is -2.37. The topological polar surface area (TPSA) is 36.4 Å². The predicted octanol–water partition coefficient (Wildman–Crippen LogP) is 1.92. The van der Waals surface area contributed by atoms with Gasteiger partial charge in [0.15, 0.2) is 5.78 Å². The van der Waals surface area contributed by atoms with Gasteiger partial charge in [0, 0.05) is 50.1 Å². The number of pyridine rings is 1. The summed E-state index contributed by atoms with van der Waals surface area (Å²) in [5.74, 6) is -0.512. The van der Waals surface area contributed by atoms with Crippen molar-refractivity contribution in [3.63, 3.8) is 0 Å². The number of hydrogen-bond donors (Lipinski definition) is 0. The van der Waals surface area contributed by atoms with Crippen molar-refractivity contribution in [2.75, 3.05) is 33.7 Å². The summed E-state index contributed by atoms with van der Waals surface area (Å²) < 4.78 is 38.8. The molecule has 1 fully saturated rings. The van der Waals surface area contributed by atoms with E-state index in [1.165, 1.54) is 0 Å². The lowest BCUT2D eigenvalue weighted by Crippen LogP contribution is -2.50. The van der Waals surface area contributed by atoms with Crippen LogP contribution in [0.4, 0.5) is 13.2 Å². The van der Waals surface area contributed by atoms with E-state index in [2.05, 4.69) is 9.88 Å². The highest BCUT2D eigenvalue weighted by Gasteiger charge is 2.36. The molecule has 0 aliphatic carbocycles. The number of rotatable bonds is 3. The number of likely N-dealkylation sites (N-methyl/N-ethyl adjacent to an activating group) is 2. The Bertz CT molecular complexity index is 518. The fraction of sp³-hybridized carbons (Fsp3) is 0.571. The predicted molar refractivity (Wildman–Crippen MR) is 72.1 cm³/mol. The summed E-state index contributed by atoms with van der Waals surface area (Å²) in [6.45, 7) is 2.36. The third-order valence-electron chi connectivity index (χ3n) is 3.83. The number of hydrogen-bond acceptors (Lipinski definition) is 4. The number of alkyl halides is 3. The van der Waals surface area contributed by atoms with Crippen LogP contribution in [-0.2, 0) is 6.18 Å². The van der Waals surface area contributed by atoms with Gasteiger partial charge in [0.05, 0.1) is 5.56 Å². The Kier molecular flexibility index (Phi) is 4.63. The molecule has 116 valence electrons.